The Kier molecular flexibility index (Phi) is 5.05. The molecule has 1 fully saturated rings. The van der Waals surface area contributed by atoms with Gasteiger partial charge in [-0.3, -0.25) is 9.59 Å². The summed E-state index contributed by atoms with van der Waals surface area (Å²) in [6, 6.07) is 9.67. The van der Waals surface area contributed by atoms with Crippen molar-refractivity contribution in [1.82, 2.24) is 0 Å². The van der Waals surface area contributed by atoms with E-state index in [1.54, 1.807) is 0 Å². The minimum atomic E-state index is -0.309. The molecule has 26 heavy (non-hydrogen) atoms. The van der Waals surface area contributed by atoms with E-state index in [9.17, 15) is 9.59 Å². The van der Waals surface area contributed by atoms with Gasteiger partial charge in [0.15, 0.2) is 0 Å². The van der Waals surface area contributed by atoms with E-state index in [4.69, 9.17) is 11.6 Å². The Balaban J connectivity index is 1.65. The summed E-state index contributed by atoms with van der Waals surface area (Å²) in [6.45, 7) is 7.79. The lowest BCUT2D eigenvalue weighted by Crippen LogP contribution is -2.21. The van der Waals surface area contributed by atoms with Crippen LogP contribution in [0.1, 0.15) is 28.7 Å². The molecule has 2 aromatic rings. The summed E-state index contributed by atoms with van der Waals surface area (Å²) >= 11 is 6.25. The molecule has 2 amide bonds. The van der Waals surface area contributed by atoms with Crippen molar-refractivity contribution < 1.29 is 9.59 Å². The molecule has 0 aromatic heterocycles. The Labute approximate surface area is 158 Å². The zero-order valence-corrected chi connectivity index (χ0v) is 16.2. The molecule has 0 radical (unpaired) electrons. The molecule has 1 saturated carbocycles. The largest absolute Gasteiger partial charge is 0.325 e. The fourth-order valence-electron chi connectivity index (χ4n) is 3.29. The summed E-state index contributed by atoms with van der Waals surface area (Å²) in [5.74, 6) is -0.857. The number of hydrogen-bond acceptors (Lipinski definition) is 2. The molecule has 1 aliphatic carbocycles. The first-order valence-electron chi connectivity index (χ1n) is 8.72. The third kappa shape index (κ3) is 3.75. The molecular weight excluding hydrogens is 348 g/mol. The van der Waals surface area contributed by atoms with Gasteiger partial charge in [0.2, 0.25) is 11.8 Å². The van der Waals surface area contributed by atoms with E-state index in [0.717, 1.165) is 27.9 Å². The van der Waals surface area contributed by atoms with Crippen LogP contribution in [-0.4, -0.2) is 11.8 Å². The van der Waals surface area contributed by atoms with Gasteiger partial charge in [-0.25, -0.2) is 0 Å². The lowest BCUT2D eigenvalue weighted by molar-refractivity contribution is -0.122. The first kappa shape index (κ1) is 18.5. The maximum atomic E-state index is 12.5. The maximum Gasteiger partial charge on any atom is 0.228 e. The predicted octanol–water partition coefficient (Wildman–Crippen LogP) is 4.79. The number of nitrogens with one attached hydrogen (secondary N) is 2. The van der Waals surface area contributed by atoms with Gasteiger partial charge < -0.3 is 10.6 Å². The number of carbonyl (C=O) groups excluding carboxylic acids is 2. The lowest BCUT2D eigenvalue weighted by Gasteiger charge is -2.12. The van der Waals surface area contributed by atoms with Crippen LogP contribution in [-0.2, 0) is 9.59 Å². The molecule has 2 atom stereocenters. The highest BCUT2D eigenvalue weighted by atomic mass is 35.5. The number of para-hydroxylation sites is 1. The molecule has 0 aliphatic heterocycles. The van der Waals surface area contributed by atoms with Gasteiger partial charge >= 0.3 is 0 Å². The molecule has 3 rings (SSSR count). The standard InChI is InChI=1S/C21H23ClN2O2/c1-11-8-14(4)19(17(22)9-11)24-21(26)16-10-15(16)20(25)23-18-12(2)6-5-7-13(18)3/h5-9,15-16H,10H2,1-4H3,(H,23,25)(H,24,26). The Hall–Kier alpha value is -2.33. The second kappa shape index (κ2) is 7.12. The normalized spacial score (nSPS) is 18.3. The zero-order valence-electron chi connectivity index (χ0n) is 15.4. The number of benzene rings is 2. The van der Waals surface area contributed by atoms with E-state index in [1.807, 2.05) is 58.0 Å². The number of aryl methyl sites for hydroxylation is 4. The molecule has 2 N–H and O–H groups in total. The molecule has 5 heteroatoms. The average Bonchev–Trinajstić information content (AvgIpc) is 3.35. The van der Waals surface area contributed by atoms with Crippen molar-refractivity contribution in [3.8, 4) is 0 Å². The number of carbonyl (C=O) groups is 2. The highest BCUT2D eigenvalue weighted by Crippen LogP contribution is 2.41. The van der Waals surface area contributed by atoms with Crippen molar-refractivity contribution in [2.24, 2.45) is 11.8 Å². The van der Waals surface area contributed by atoms with E-state index in [1.165, 1.54) is 0 Å². The highest BCUT2D eigenvalue weighted by molar-refractivity contribution is 6.34. The van der Waals surface area contributed by atoms with Crippen LogP contribution in [0.2, 0.25) is 5.02 Å². The minimum absolute atomic E-state index is 0.103. The lowest BCUT2D eigenvalue weighted by atomic mass is 10.1. The van der Waals surface area contributed by atoms with Crippen molar-refractivity contribution in [2.75, 3.05) is 10.6 Å². The first-order valence-corrected chi connectivity index (χ1v) is 9.10. The van der Waals surface area contributed by atoms with Crippen LogP contribution in [0.3, 0.4) is 0 Å². The van der Waals surface area contributed by atoms with Gasteiger partial charge in [-0.2, -0.15) is 0 Å². The Bertz CT molecular complexity index is 848. The fraction of sp³-hybridized carbons (Fsp3) is 0.333. The van der Waals surface area contributed by atoms with Crippen LogP contribution in [0.25, 0.3) is 0 Å². The average molecular weight is 371 g/mol. The van der Waals surface area contributed by atoms with E-state index >= 15 is 0 Å². The van der Waals surface area contributed by atoms with E-state index < -0.39 is 0 Å². The summed E-state index contributed by atoms with van der Waals surface area (Å²) in [5, 5.41) is 6.38. The number of rotatable bonds is 4. The Morgan fingerprint density at radius 2 is 1.42 bits per heavy atom. The van der Waals surface area contributed by atoms with Gasteiger partial charge in [0.05, 0.1) is 22.5 Å². The third-order valence-electron chi connectivity index (χ3n) is 4.87. The van der Waals surface area contributed by atoms with Gasteiger partial charge in [0, 0.05) is 5.69 Å². The smallest absolute Gasteiger partial charge is 0.228 e. The molecule has 0 spiro atoms. The van der Waals surface area contributed by atoms with Crippen LogP contribution in [0.5, 0.6) is 0 Å². The number of anilines is 2. The van der Waals surface area contributed by atoms with Gasteiger partial charge in [-0.15, -0.1) is 0 Å². The summed E-state index contributed by atoms with van der Waals surface area (Å²) in [4.78, 5) is 25.0. The van der Waals surface area contributed by atoms with Crippen LogP contribution in [0, 0.1) is 39.5 Å². The fourth-order valence-corrected chi connectivity index (χ4v) is 3.66. The second-order valence-electron chi connectivity index (χ2n) is 7.13. The topological polar surface area (TPSA) is 58.2 Å². The summed E-state index contributed by atoms with van der Waals surface area (Å²) in [6.07, 6.45) is 0.561. The quantitative estimate of drug-likeness (QED) is 0.813. The van der Waals surface area contributed by atoms with E-state index in [2.05, 4.69) is 10.6 Å². The maximum absolute atomic E-state index is 12.5. The third-order valence-corrected chi connectivity index (χ3v) is 5.17. The van der Waals surface area contributed by atoms with E-state index in [-0.39, 0.29) is 23.7 Å². The van der Waals surface area contributed by atoms with Gasteiger partial charge in [0.1, 0.15) is 0 Å². The number of amides is 2. The first-order chi connectivity index (χ1) is 12.3. The zero-order chi connectivity index (χ0) is 19.0. The molecule has 2 unspecified atom stereocenters. The van der Waals surface area contributed by atoms with Crippen LogP contribution in [0.15, 0.2) is 30.3 Å². The van der Waals surface area contributed by atoms with Crippen molar-refractivity contribution in [2.45, 2.75) is 34.1 Å². The summed E-state index contributed by atoms with van der Waals surface area (Å²) < 4.78 is 0. The van der Waals surface area contributed by atoms with Crippen molar-refractivity contribution in [3.63, 3.8) is 0 Å². The molecule has 0 bridgehead atoms. The molecule has 1 aliphatic rings. The number of hydrogen-bond donors (Lipinski definition) is 2. The van der Waals surface area contributed by atoms with E-state index in [0.29, 0.717) is 17.1 Å². The Morgan fingerprint density at radius 3 is 1.96 bits per heavy atom. The molecular formula is C21H23ClN2O2. The Morgan fingerprint density at radius 1 is 0.885 bits per heavy atom. The monoisotopic (exact) mass is 370 g/mol. The van der Waals surface area contributed by atoms with Crippen molar-refractivity contribution in [1.29, 1.82) is 0 Å². The molecule has 2 aromatic carbocycles. The second-order valence-corrected chi connectivity index (χ2v) is 7.54. The summed E-state index contributed by atoms with van der Waals surface area (Å²) in [7, 11) is 0. The minimum Gasteiger partial charge on any atom is -0.325 e. The number of halogens is 1. The van der Waals surface area contributed by atoms with Gasteiger partial charge in [-0.1, -0.05) is 35.9 Å². The van der Waals surface area contributed by atoms with Crippen LogP contribution < -0.4 is 10.6 Å². The molecule has 0 saturated heterocycles. The molecule has 136 valence electrons. The van der Waals surface area contributed by atoms with Crippen LogP contribution in [0.4, 0.5) is 11.4 Å². The SMILES string of the molecule is Cc1cc(C)c(NC(=O)C2CC2C(=O)Nc2c(C)cccc2C)c(Cl)c1. The van der Waals surface area contributed by atoms with Crippen LogP contribution >= 0.6 is 11.6 Å². The van der Waals surface area contributed by atoms with Gasteiger partial charge in [0.25, 0.3) is 0 Å². The highest BCUT2D eigenvalue weighted by Gasteiger charge is 2.48. The van der Waals surface area contributed by atoms with Crippen molar-refractivity contribution >= 4 is 34.8 Å². The van der Waals surface area contributed by atoms with Gasteiger partial charge in [-0.05, 0) is 62.4 Å². The van der Waals surface area contributed by atoms with Crippen molar-refractivity contribution in [3.05, 3.63) is 57.6 Å². The summed E-state index contributed by atoms with van der Waals surface area (Å²) in [5.41, 5.74) is 5.46. The molecule has 0 heterocycles. The molecule has 4 nitrogen and oxygen atoms in total. The predicted molar refractivity (Wildman–Crippen MR) is 106 cm³/mol.